The molecule has 7 heteroatoms. The highest BCUT2D eigenvalue weighted by Gasteiger charge is 2.17. The van der Waals surface area contributed by atoms with Crippen LogP contribution in [0.3, 0.4) is 0 Å². The van der Waals surface area contributed by atoms with Crippen LogP contribution in [0.5, 0.6) is 5.75 Å². The highest BCUT2D eigenvalue weighted by atomic mass is 16.6. The Kier molecular flexibility index (Phi) is 4.34. The third-order valence-electron chi connectivity index (χ3n) is 2.02. The number of carbonyl (C=O) groups excluding carboxylic acids is 2. The molecular formula is C12H17N3O4. The van der Waals surface area contributed by atoms with E-state index < -0.39 is 17.6 Å². The van der Waals surface area contributed by atoms with E-state index in [1.165, 1.54) is 18.2 Å². The van der Waals surface area contributed by atoms with Crippen LogP contribution in [-0.2, 0) is 4.74 Å². The average Bonchev–Trinajstić information content (AvgIpc) is 2.25. The van der Waals surface area contributed by atoms with E-state index in [0.29, 0.717) is 5.69 Å². The van der Waals surface area contributed by atoms with Crippen molar-refractivity contribution in [3.63, 3.8) is 0 Å². The molecule has 1 aromatic carbocycles. The summed E-state index contributed by atoms with van der Waals surface area (Å²) in [6.07, 6.45) is -0.650. The summed E-state index contributed by atoms with van der Waals surface area (Å²) in [6.45, 7) is 5.20. The van der Waals surface area contributed by atoms with Gasteiger partial charge < -0.3 is 9.84 Å². The Morgan fingerprint density at radius 2 is 1.95 bits per heavy atom. The summed E-state index contributed by atoms with van der Waals surface area (Å²) in [5.74, 6) is 4.04. The van der Waals surface area contributed by atoms with Gasteiger partial charge in [0.15, 0.2) is 0 Å². The monoisotopic (exact) mass is 267 g/mol. The van der Waals surface area contributed by atoms with Crippen molar-refractivity contribution in [3.05, 3.63) is 23.8 Å². The third kappa shape index (κ3) is 4.47. The molecule has 7 nitrogen and oxygen atoms in total. The summed E-state index contributed by atoms with van der Waals surface area (Å²) >= 11 is 0. The number of carbonyl (C=O) groups is 2. The minimum atomic E-state index is -0.650. The maximum atomic E-state index is 11.5. The molecule has 0 bridgehead atoms. The van der Waals surface area contributed by atoms with E-state index in [1.807, 2.05) is 5.43 Å². The van der Waals surface area contributed by atoms with Crippen LogP contribution in [0.15, 0.2) is 18.2 Å². The highest BCUT2D eigenvalue weighted by molar-refractivity contribution is 5.97. The second-order valence-electron chi connectivity index (χ2n) is 4.83. The summed E-state index contributed by atoms with van der Waals surface area (Å²) in [5, 5.41) is 12.1. The summed E-state index contributed by atoms with van der Waals surface area (Å²) < 4.78 is 5.05. The zero-order valence-corrected chi connectivity index (χ0v) is 11.0. The summed E-state index contributed by atoms with van der Waals surface area (Å²) in [7, 11) is 0. The fourth-order valence-electron chi connectivity index (χ4n) is 1.30. The number of nitrogen functional groups attached to an aromatic ring is 1. The molecule has 0 aliphatic heterocycles. The van der Waals surface area contributed by atoms with Crippen LogP contribution in [0.25, 0.3) is 0 Å². The van der Waals surface area contributed by atoms with Crippen LogP contribution >= 0.6 is 0 Å². The minimum Gasteiger partial charge on any atom is -0.507 e. The first kappa shape index (κ1) is 14.8. The minimum absolute atomic E-state index is 0.0113. The molecule has 0 saturated carbocycles. The number of nitrogens with two attached hydrogens (primary N) is 1. The smallest absolute Gasteiger partial charge is 0.412 e. The summed E-state index contributed by atoms with van der Waals surface area (Å²) in [6, 6.07) is 4.02. The Balaban J connectivity index is 2.79. The van der Waals surface area contributed by atoms with Crippen LogP contribution < -0.4 is 16.6 Å². The van der Waals surface area contributed by atoms with Gasteiger partial charge in [0.1, 0.15) is 11.4 Å². The van der Waals surface area contributed by atoms with E-state index in [1.54, 1.807) is 20.8 Å². The summed E-state index contributed by atoms with van der Waals surface area (Å²) in [5.41, 5.74) is 1.60. The predicted octanol–water partition coefficient (Wildman–Crippen LogP) is 1.34. The Bertz CT molecular complexity index is 494. The number of hydrogen-bond donors (Lipinski definition) is 4. The molecule has 0 fully saturated rings. The van der Waals surface area contributed by atoms with Crippen molar-refractivity contribution in [3.8, 4) is 5.75 Å². The van der Waals surface area contributed by atoms with Gasteiger partial charge in [-0.1, -0.05) is 0 Å². The molecule has 0 unspecified atom stereocenters. The zero-order chi connectivity index (χ0) is 14.6. The molecule has 104 valence electrons. The lowest BCUT2D eigenvalue weighted by Crippen LogP contribution is -2.30. The van der Waals surface area contributed by atoms with Gasteiger partial charge in [0.05, 0.1) is 5.56 Å². The standard InChI is InChI=1S/C12H17N3O4/c1-12(2,3)19-11(18)14-7-4-5-8(9(16)6-7)10(17)15-13/h4-6,16H,13H2,1-3H3,(H,14,18)(H,15,17). The largest absolute Gasteiger partial charge is 0.507 e. The van der Waals surface area contributed by atoms with Gasteiger partial charge in [-0.15, -0.1) is 0 Å². The van der Waals surface area contributed by atoms with E-state index in [9.17, 15) is 14.7 Å². The van der Waals surface area contributed by atoms with E-state index in [0.717, 1.165) is 0 Å². The Hall–Kier alpha value is -2.28. The van der Waals surface area contributed by atoms with Gasteiger partial charge in [0.25, 0.3) is 5.91 Å². The Morgan fingerprint density at radius 3 is 2.42 bits per heavy atom. The second kappa shape index (κ2) is 5.57. The van der Waals surface area contributed by atoms with E-state index >= 15 is 0 Å². The fourth-order valence-corrected chi connectivity index (χ4v) is 1.30. The zero-order valence-electron chi connectivity index (χ0n) is 11.0. The number of hydrazine groups is 1. The van der Waals surface area contributed by atoms with E-state index in [4.69, 9.17) is 10.6 Å². The first-order valence-electron chi connectivity index (χ1n) is 5.57. The average molecular weight is 267 g/mol. The van der Waals surface area contributed by atoms with Crippen molar-refractivity contribution >= 4 is 17.7 Å². The number of phenolic OH excluding ortho intramolecular Hbond substituents is 1. The number of amides is 2. The van der Waals surface area contributed by atoms with Crippen molar-refractivity contribution in [2.24, 2.45) is 5.84 Å². The molecule has 0 aromatic heterocycles. The number of rotatable bonds is 2. The number of aromatic hydroxyl groups is 1. The topological polar surface area (TPSA) is 114 Å². The Labute approximate surface area is 110 Å². The lowest BCUT2D eigenvalue weighted by atomic mass is 10.1. The molecule has 0 spiro atoms. The number of phenols is 1. The molecule has 5 N–H and O–H groups in total. The third-order valence-corrected chi connectivity index (χ3v) is 2.02. The first-order chi connectivity index (χ1) is 8.73. The fraction of sp³-hybridized carbons (Fsp3) is 0.333. The lowest BCUT2D eigenvalue weighted by Gasteiger charge is -2.19. The molecule has 1 aromatic rings. The molecular weight excluding hydrogens is 250 g/mol. The quantitative estimate of drug-likeness (QED) is 0.367. The number of ether oxygens (including phenoxy) is 1. The van der Waals surface area contributed by atoms with Crippen LogP contribution in [0, 0.1) is 0 Å². The normalized spacial score (nSPS) is 10.7. The first-order valence-corrected chi connectivity index (χ1v) is 5.57. The molecule has 1 rings (SSSR count). The SMILES string of the molecule is CC(C)(C)OC(=O)Nc1ccc(C(=O)NN)c(O)c1. The van der Waals surface area contributed by atoms with Gasteiger partial charge in [0.2, 0.25) is 0 Å². The van der Waals surface area contributed by atoms with Gasteiger partial charge in [-0.2, -0.15) is 0 Å². The number of hydrogen-bond acceptors (Lipinski definition) is 5. The summed E-state index contributed by atoms with van der Waals surface area (Å²) in [4.78, 5) is 22.7. The van der Waals surface area contributed by atoms with Crippen LogP contribution in [-0.4, -0.2) is 22.7 Å². The number of anilines is 1. The maximum absolute atomic E-state index is 11.5. The van der Waals surface area contributed by atoms with Crippen LogP contribution in [0.4, 0.5) is 10.5 Å². The highest BCUT2D eigenvalue weighted by Crippen LogP contribution is 2.22. The van der Waals surface area contributed by atoms with Gasteiger partial charge in [-0.05, 0) is 32.9 Å². The van der Waals surface area contributed by atoms with Crippen molar-refractivity contribution < 1.29 is 19.4 Å². The van der Waals surface area contributed by atoms with E-state index in [2.05, 4.69) is 5.32 Å². The Morgan fingerprint density at radius 1 is 1.32 bits per heavy atom. The van der Waals surface area contributed by atoms with E-state index in [-0.39, 0.29) is 11.3 Å². The molecule has 0 atom stereocenters. The number of nitrogens with one attached hydrogen (secondary N) is 2. The van der Waals surface area contributed by atoms with Gasteiger partial charge in [-0.25, -0.2) is 10.6 Å². The maximum Gasteiger partial charge on any atom is 0.412 e. The molecule has 19 heavy (non-hydrogen) atoms. The molecule has 0 heterocycles. The van der Waals surface area contributed by atoms with Gasteiger partial charge >= 0.3 is 6.09 Å². The van der Waals surface area contributed by atoms with Crippen LogP contribution in [0.1, 0.15) is 31.1 Å². The second-order valence-corrected chi connectivity index (χ2v) is 4.83. The van der Waals surface area contributed by atoms with Gasteiger partial charge in [-0.3, -0.25) is 15.5 Å². The lowest BCUT2D eigenvalue weighted by molar-refractivity contribution is 0.0636. The van der Waals surface area contributed by atoms with Crippen molar-refractivity contribution in [2.45, 2.75) is 26.4 Å². The molecule has 0 aliphatic carbocycles. The number of benzene rings is 1. The predicted molar refractivity (Wildman–Crippen MR) is 69.6 cm³/mol. The molecule has 0 saturated heterocycles. The van der Waals surface area contributed by atoms with Gasteiger partial charge in [0, 0.05) is 11.8 Å². The molecule has 2 amide bonds. The molecule has 0 radical (unpaired) electrons. The van der Waals surface area contributed by atoms with Crippen molar-refractivity contribution in [1.29, 1.82) is 0 Å². The van der Waals surface area contributed by atoms with Crippen LogP contribution in [0.2, 0.25) is 0 Å². The molecule has 0 aliphatic rings. The van der Waals surface area contributed by atoms with Crippen molar-refractivity contribution in [2.75, 3.05) is 5.32 Å². The van der Waals surface area contributed by atoms with Crippen molar-refractivity contribution in [1.82, 2.24) is 5.43 Å².